The molecule has 0 fully saturated rings. The minimum Gasteiger partial charge on any atom is -0.486 e. The largest absolute Gasteiger partial charge is 0.486 e. The summed E-state index contributed by atoms with van der Waals surface area (Å²) in [6.07, 6.45) is 7.25. The van der Waals surface area contributed by atoms with Crippen molar-refractivity contribution in [2.45, 2.75) is 13.3 Å². The average molecular weight is 230 g/mol. The summed E-state index contributed by atoms with van der Waals surface area (Å²) < 4.78 is 11.0. The molecule has 0 bridgehead atoms. The standard InChI is InChI=1S/C15H18O2/c1-3-4-12(2)5-6-13-7-8-14-15(11-13)17-10-9-16-14/h3,5-8,11-12H,1,4,9-10H2,2H3. The number of allylic oxidation sites excluding steroid dienone is 2. The molecule has 2 heteroatoms. The Balaban J connectivity index is 2.09. The molecule has 17 heavy (non-hydrogen) atoms. The molecule has 1 aromatic rings. The zero-order chi connectivity index (χ0) is 12.1. The van der Waals surface area contributed by atoms with E-state index in [-0.39, 0.29) is 0 Å². The van der Waals surface area contributed by atoms with Gasteiger partial charge in [0.15, 0.2) is 11.5 Å². The quantitative estimate of drug-likeness (QED) is 0.734. The van der Waals surface area contributed by atoms with E-state index in [1.54, 1.807) is 0 Å². The molecule has 1 unspecified atom stereocenters. The average Bonchev–Trinajstić information content (AvgIpc) is 2.36. The summed E-state index contributed by atoms with van der Waals surface area (Å²) in [6.45, 7) is 7.19. The van der Waals surface area contributed by atoms with E-state index < -0.39 is 0 Å². The van der Waals surface area contributed by atoms with Gasteiger partial charge in [-0.25, -0.2) is 0 Å². The first-order chi connectivity index (χ1) is 8.29. The van der Waals surface area contributed by atoms with Gasteiger partial charge < -0.3 is 9.47 Å². The fourth-order valence-electron chi connectivity index (χ4n) is 1.78. The molecule has 1 aliphatic rings. The highest BCUT2D eigenvalue weighted by Crippen LogP contribution is 2.31. The lowest BCUT2D eigenvalue weighted by Crippen LogP contribution is -2.15. The highest BCUT2D eigenvalue weighted by atomic mass is 16.6. The molecular formula is C15H18O2. The first kappa shape index (κ1) is 11.8. The van der Waals surface area contributed by atoms with Gasteiger partial charge in [0.2, 0.25) is 0 Å². The van der Waals surface area contributed by atoms with Gasteiger partial charge in [0.25, 0.3) is 0 Å². The van der Waals surface area contributed by atoms with Crippen molar-refractivity contribution >= 4 is 6.08 Å². The molecule has 2 nitrogen and oxygen atoms in total. The van der Waals surface area contributed by atoms with Crippen molar-refractivity contribution in [3.05, 3.63) is 42.5 Å². The third-order valence-electron chi connectivity index (χ3n) is 2.72. The molecule has 0 aliphatic carbocycles. The zero-order valence-electron chi connectivity index (χ0n) is 10.2. The Hall–Kier alpha value is -1.70. The van der Waals surface area contributed by atoms with E-state index in [4.69, 9.17) is 9.47 Å². The first-order valence-corrected chi connectivity index (χ1v) is 5.98. The maximum Gasteiger partial charge on any atom is 0.161 e. The molecule has 0 saturated carbocycles. The summed E-state index contributed by atoms with van der Waals surface area (Å²) in [6, 6.07) is 6.03. The van der Waals surface area contributed by atoms with Gasteiger partial charge in [-0.2, -0.15) is 0 Å². The minimum atomic E-state index is 0.515. The van der Waals surface area contributed by atoms with Crippen LogP contribution in [0.4, 0.5) is 0 Å². The van der Waals surface area contributed by atoms with E-state index in [9.17, 15) is 0 Å². The van der Waals surface area contributed by atoms with Gasteiger partial charge in [-0.15, -0.1) is 6.58 Å². The first-order valence-electron chi connectivity index (χ1n) is 5.98. The van der Waals surface area contributed by atoms with E-state index in [0.717, 1.165) is 23.5 Å². The van der Waals surface area contributed by atoms with Crippen molar-refractivity contribution in [3.63, 3.8) is 0 Å². The molecule has 0 amide bonds. The molecule has 0 aromatic heterocycles. The fourth-order valence-corrected chi connectivity index (χ4v) is 1.78. The lowest BCUT2D eigenvalue weighted by molar-refractivity contribution is 0.171. The maximum atomic E-state index is 5.54. The number of ether oxygens (including phenoxy) is 2. The van der Waals surface area contributed by atoms with Crippen LogP contribution >= 0.6 is 0 Å². The van der Waals surface area contributed by atoms with Crippen molar-refractivity contribution < 1.29 is 9.47 Å². The van der Waals surface area contributed by atoms with E-state index in [0.29, 0.717) is 19.1 Å². The minimum absolute atomic E-state index is 0.515. The van der Waals surface area contributed by atoms with Crippen LogP contribution in [0.25, 0.3) is 6.08 Å². The van der Waals surface area contributed by atoms with Crippen LogP contribution < -0.4 is 9.47 Å². The van der Waals surface area contributed by atoms with Crippen LogP contribution in [-0.2, 0) is 0 Å². The van der Waals surface area contributed by atoms with Gasteiger partial charge in [-0.05, 0) is 30.0 Å². The van der Waals surface area contributed by atoms with Gasteiger partial charge >= 0.3 is 0 Å². The lowest BCUT2D eigenvalue weighted by Gasteiger charge is -2.18. The molecule has 0 N–H and O–H groups in total. The van der Waals surface area contributed by atoms with E-state index in [1.807, 2.05) is 24.3 Å². The molecule has 0 radical (unpaired) electrons. The van der Waals surface area contributed by atoms with Crippen LogP contribution in [0, 0.1) is 5.92 Å². The Kier molecular flexibility index (Phi) is 3.86. The van der Waals surface area contributed by atoms with Crippen molar-refractivity contribution in [1.82, 2.24) is 0 Å². The predicted molar refractivity (Wildman–Crippen MR) is 70.4 cm³/mol. The molecule has 2 rings (SSSR count). The summed E-state index contributed by atoms with van der Waals surface area (Å²) in [5, 5.41) is 0. The molecular weight excluding hydrogens is 212 g/mol. The van der Waals surface area contributed by atoms with Gasteiger partial charge in [-0.3, -0.25) is 0 Å². The van der Waals surface area contributed by atoms with E-state index in [1.165, 1.54) is 0 Å². The Morgan fingerprint density at radius 2 is 2.06 bits per heavy atom. The molecule has 0 spiro atoms. The van der Waals surface area contributed by atoms with Crippen molar-refractivity contribution in [1.29, 1.82) is 0 Å². The molecule has 1 aliphatic heterocycles. The summed E-state index contributed by atoms with van der Waals surface area (Å²) in [4.78, 5) is 0. The van der Waals surface area contributed by atoms with Crippen LogP contribution in [0.5, 0.6) is 11.5 Å². The third kappa shape index (κ3) is 3.13. The number of benzene rings is 1. The van der Waals surface area contributed by atoms with Gasteiger partial charge in [0, 0.05) is 0 Å². The smallest absolute Gasteiger partial charge is 0.161 e. The summed E-state index contributed by atoms with van der Waals surface area (Å²) >= 11 is 0. The van der Waals surface area contributed by atoms with Gasteiger partial charge in [0.1, 0.15) is 13.2 Å². The van der Waals surface area contributed by atoms with Crippen molar-refractivity contribution in [2.75, 3.05) is 13.2 Å². The molecule has 90 valence electrons. The van der Waals surface area contributed by atoms with Crippen molar-refractivity contribution in [2.24, 2.45) is 5.92 Å². The third-order valence-corrected chi connectivity index (χ3v) is 2.72. The van der Waals surface area contributed by atoms with Crippen LogP contribution in [0.15, 0.2) is 36.9 Å². The fraction of sp³-hybridized carbons (Fsp3) is 0.333. The van der Waals surface area contributed by atoms with Crippen LogP contribution in [0.3, 0.4) is 0 Å². The van der Waals surface area contributed by atoms with E-state index in [2.05, 4.69) is 25.7 Å². The lowest BCUT2D eigenvalue weighted by atomic mass is 10.1. The second kappa shape index (κ2) is 5.58. The topological polar surface area (TPSA) is 18.5 Å². The highest BCUT2D eigenvalue weighted by molar-refractivity contribution is 5.56. The summed E-state index contributed by atoms with van der Waals surface area (Å²) in [7, 11) is 0. The van der Waals surface area contributed by atoms with Crippen LogP contribution in [0.2, 0.25) is 0 Å². The van der Waals surface area contributed by atoms with E-state index >= 15 is 0 Å². The number of hydrogen-bond donors (Lipinski definition) is 0. The number of hydrogen-bond acceptors (Lipinski definition) is 2. The highest BCUT2D eigenvalue weighted by Gasteiger charge is 2.10. The SMILES string of the molecule is C=CCC(C)C=Cc1ccc2c(c1)OCCO2. The second-order valence-electron chi connectivity index (χ2n) is 4.26. The van der Waals surface area contributed by atoms with Gasteiger partial charge in [-0.1, -0.05) is 31.2 Å². The van der Waals surface area contributed by atoms with Gasteiger partial charge in [0.05, 0.1) is 0 Å². The normalized spacial score (nSPS) is 15.8. The Bertz CT molecular complexity index is 421. The summed E-state index contributed by atoms with van der Waals surface area (Å²) in [5.41, 5.74) is 1.14. The molecule has 1 atom stereocenters. The molecule has 0 saturated heterocycles. The number of fused-ring (bicyclic) bond motifs is 1. The predicted octanol–water partition coefficient (Wildman–Crippen LogP) is 3.68. The van der Waals surface area contributed by atoms with Crippen molar-refractivity contribution in [3.8, 4) is 11.5 Å². The number of rotatable bonds is 4. The molecule has 1 aromatic carbocycles. The Morgan fingerprint density at radius 3 is 2.82 bits per heavy atom. The second-order valence-corrected chi connectivity index (χ2v) is 4.26. The van der Waals surface area contributed by atoms with Crippen LogP contribution in [0.1, 0.15) is 18.9 Å². The van der Waals surface area contributed by atoms with Crippen LogP contribution in [-0.4, -0.2) is 13.2 Å². The Labute approximate surface area is 103 Å². The summed E-state index contributed by atoms with van der Waals surface area (Å²) in [5.74, 6) is 2.20. The maximum absolute atomic E-state index is 5.54. The zero-order valence-corrected chi connectivity index (χ0v) is 10.2. The Morgan fingerprint density at radius 1 is 1.29 bits per heavy atom. The monoisotopic (exact) mass is 230 g/mol. The molecule has 1 heterocycles.